The Hall–Kier alpha value is -0.730. The standard InChI is InChI=1S/C11H19O4P/c1-5-9(16-14)10(11(12)13)8(4)15-6-7(2)3/h7-8H,5-6H2,1-4H3,(H,12,13)/p+1. The van der Waals surface area contributed by atoms with E-state index in [1.165, 1.54) is 0 Å². The van der Waals surface area contributed by atoms with Gasteiger partial charge in [-0.25, -0.2) is 4.79 Å². The second-order valence-electron chi connectivity index (χ2n) is 4.02. The Morgan fingerprint density at radius 2 is 1.94 bits per heavy atom. The van der Waals surface area contributed by atoms with Crippen molar-refractivity contribution in [2.45, 2.75) is 40.2 Å². The smallest absolute Gasteiger partial charge is 0.359 e. The summed E-state index contributed by atoms with van der Waals surface area (Å²) in [7, 11) is -0.717. The number of hydrogen-bond donors (Lipinski definition) is 1. The Labute approximate surface area is 97.9 Å². The summed E-state index contributed by atoms with van der Waals surface area (Å²) in [6.07, 6.45) is -0.0461. The summed E-state index contributed by atoms with van der Waals surface area (Å²) in [5, 5.41) is 9.52. The lowest BCUT2D eigenvalue weighted by atomic mass is 10.1. The molecule has 0 rings (SSSR count). The van der Waals surface area contributed by atoms with Crippen molar-refractivity contribution in [2.75, 3.05) is 6.61 Å². The zero-order chi connectivity index (χ0) is 12.7. The summed E-state index contributed by atoms with van der Waals surface area (Å²) in [5.74, 6) is -0.700. The second-order valence-corrected chi connectivity index (χ2v) is 4.83. The Kier molecular flexibility index (Phi) is 7.18. The number of hydrogen-bond acceptors (Lipinski definition) is 3. The molecule has 0 amide bonds. The van der Waals surface area contributed by atoms with Crippen LogP contribution in [0.4, 0.5) is 0 Å². The van der Waals surface area contributed by atoms with Crippen molar-refractivity contribution in [3.63, 3.8) is 0 Å². The summed E-state index contributed by atoms with van der Waals surface area (Å²) in [5.41, 5.74) is 0.136. The van der Waals surface area contributed by atoms with Crippen LogP contribution in [-0.2, 0) is 14.1 Å². The molecule has 0 aliphatic rings. The maximum absolute atomic E-state index is 11.1. The summed E-state index contributed by atoms with van der Waals surface area (Å²) < 4.78 is 16.3. The number of carbonyl (C=O) groups is 1. The zero-order valence-electron chi connectivity index (χ0n) is 10.2. The highest BCUT2D eigenvalue weighted by atomic mass is 31.1. The van der Waals surface area contributed by atoms with Gasteiger partial charge in [-0.05, 0) is 12.8 Å². The summed E-state index contributed by atoms with van der Waals surface area (Å²) in [4.78, 5) is 11.1. The second kappa shape index (κ2) is 7.53. The van der Waals surface area contributed by atoms with E-state index in [0.29, 0.717) is 24.3 Å². The molecule has 0 saturated carbocycles. The Morgan fingerprint density at radius 3 is 2.25 bits per heavy atom. The molecule has 0 fully saturated rings. The third-order valence-corrected chi connectivity index (χ3v) is 2.99. The lowest BCUT2D eigenvalue weighted by Gasteiger charge is -2.15. The average Bonchev–Trinajstić information content (AvgIpc) is 2.21. The van der Waals surface area contributed by atoms with Gasteiger partial charge in [-0.3, -0.25) is 0 Å². The largest absolute Gasteiger partial charge is 0.478 e. The number of carboxylic acid groups (broad SMARTS) is 1. The van der Waals surface area contributed by atoms with Crippen molar-refractivity contribution < 1.29 is 19.2 Å². The quantitative estimate of drug-likeness (QED) is 0.555. The summed E-state index contributed by atoms with van der Waals surface area (Å²) in [6.45, 7) is 7.96. The molecule has 0 heterocycles. The van der Waals surface area contributed by atoms with E-state index >= 15 is 0 Å². The van der Waals surface area contributed by atoms with E-state index in [1.54, 1.807) is 13.8 Å². The van der Waals surface area contributed by atoms with Crippen LogP contribution in [-0.4, -0.2) is 23.8 Å². The first-order valence-electron chi connectivity index (χ1n) is 5.40. The molecule has 0 aromatic carbocycles. The van der Waals surface area contributed by atoms with Crippen molar-refractivity contribution in [3.05, 3.63) is 10.9 Å². The van der Waals surface area contributed by atoms with E-state index in [9.17, 15) is 9.36 Å². The minimum absolute atomic E-state index is 0.136. The molecule has 5 heteroatoms. The molecule has 0 spiro atoms. The fourth-order valence-corrected chi connectivity index (χ4v) is 1.85. The third-order valence-electron chi connectivity index (χ3n) is 2.12. The van der Waals surface area contributed by atoms with E-state index < -0.39 is 20.5 Å². The first-order chi connectivity index (χ1) is 7.43. The zero-order valence-corrected chi connectivity index (χ0v) is 11.2. The molecular weight excluding hydrogens is 227 g/mol. The normalized spacial score (nSPS) is 15.1. The van der Waals surface area contributed by atoms with E-state index in [2.05, 4.69) is 0 Å². The molecule has 4 nitrogen and oxygen atoms in total. The fourth-order valence-electron chi connectivity index (χ4n) is 1.29. The third kappa shape index (κ3) is 4.86. The van der Waals surface area contributed by atoms with Crippen molar-refractivity contribution in [1.29, 1.82) is 0 Å². The van der Waals surface area contributed by atoms with Gasteiger partial charge in [-0.2, -0.15) is 0 Å². The van der Waals surface area contributed by atoms with Crippen LogP contribution in [0.3, 0.4) is 0 Å². The SMILES string of the molecule is CCC([PH+]=O)=C(C(=O)O)C(C)OCC(C)C. The van der Waals surface area contributed by atoms with E-state index in [4.69, 9.17) is 9.84 Å². The number of allylic oxidation sites excluding steroid dienone is 1. The molecule has 0 aliphatic carbocycles. The molecule has 0 aromatic rings. The van der Waals surface area contributed by atoms with Crippen LogP contribution >= 0.6 is 8.46 Å². The molecular formula is C11H20O4P+. The van der Waals surface area contributed by atoms with Gasteiger partial charge in [0.05, 0.1) is 6.10 Å². The van der Waals surface area contributed by atoms with Gasteiger partial charge in [0.25, 0.3) is 0 Å². The molecule has 1 N–H and O–H groups in total. The number of carboxylic acids is 1. The van der Waals surface area contributed by atoms with Gasteiger partial charge in [-0.15, -0.1) is 0 Å². The predicted molar refractivity (Wildman–Crippen MR) is 64.2 cm³/mol. The number of rotatable bonds is 7. The van der Waals surface area contributed by atoms with Gasteiger partial charge < -0.3 is 9.84 Å². The van der Waals surface area contributed by atoms with E-state index in [1.807, 2.05) is 13.8 Å². The molecule has 2 unspecified atom stereocenters. The minimum Gasteiger partial charge on any atom is -0.478 e. The molecule has 0 aliphatic heterocycles. The molecule has 0 bridgehead atoms. The van der Waals surface area contributed by atoms with Gasteiger partial charge in [-0.1, -0.05) is 25.3 Å². The summed E-state index contributed by atoms with van der Waals surface area (Å²) in [6, 6.07) is 0. The molecule has 2 atom stereocenters. The van der Waals surface area contributed by atoms with Crippen LogP contribution < -0.4 is 0 Å². The van der Waals surface area contributed by atoms with Crippen molar-refractivity contribution in [3.8, 4) is 0 Å². The minimum atomic E-state index is -1.04. The number of aliphatic carboxylic acids is 1. The van der Waals surface area contributed by atoms with Crippen LogP contribution in [0.15, 0.2) is 10.9 Å². The first-order valence-corrected chi connectivity index (χ1v) is 6.30. The molecule has 16 heavy (non-hydrogen) atoms. The summed E-state index contributed by atoms with van der Waals surface area (Å²) >= 11 is 0. The maximum atomic E-state index is 11.1. The lowest BCUT2D eigenvalue weighted by Crippen LogP contribution is -2.21. The number of ether oxygens (including phenoxy) is 1. The van der Waals surface area contributed by atoms with E-state index in [-0.39, 0.29) is 5.57 Å². The van der Waals surface area contributed by atoms with Gasteiger partial charge in [0.1, 0.15) is 5.57 Å². The molecule has 0 radical (unpaired) electrons. The monoisotopic (exact) mass is 247 g/mol. The Balaban J connectivity index is 4.85. The molecule has 0 aromatic heterocycles. The molecule has 92 valence electrons. The predicted octanol–water partition coefficient (Wildman–Crippen LogP) is 2.82. The van der Waals surface area contributed by atoms with Crippen LogP contribution in [0.2, 0.25) is 0 Å². The highest BCUT2D eigenvalue weighted by molar-refractivity contribution is 7.29. The highest BCUT2D eigenvalue weighted by Gasteiger charge is 2.25. The van der Waals surface area contributed by atoms with Crippen molar-refractivity contribution in [2.24, 2.45) is 5.92 Å². The van der Waals surface area contributed by atoms with Crippen LogP contribution in [0, 0.1) is 5.92 Å². The van der Waals surface area contributed by atoms with Gasteiger partial charge in [0, 0.05) is 13.0 Å². The topological polar surface area (TPSA) is 63.6 Å². The average molecular weight is 247 g/mol. The highest BCUT2D eigenvalue weighted by Crippen LogP contribution is 2.24. The van der Waals surface area contributed by atoms with Crippen LogP contribution in [0.1, 0.15) is 34.1 Å². The lowest BCUT2D eigenvalue weighted by molar-refractivity contribution is -0.134. The van der Waals surface area contributed by atoms with Gasteiger partial charge in [0.15, 0.2) is 5.31 Å². The van der Waals surface area contributed by atoms with Crippen LogP contribution in [0.25, 0.3) is 0 Å². The van der Waals surface area contributed by atoms with Crippen molar-refractivity contribution >= 4 is 14.4 Å². The Morgan fingerprint density at radius 1 is 1.38 bits per heavy atom. The maximum Gasteiger partial charge on any atom is 0.359 e. The first kappa shape index (κ1) is 15.3. The van der Waals surface area contributed by atoms with E-state index in [0.717, 1.165) is 0 Å². The fraction of sp³-hybridized carbons (Fsp3) is 0.727. The Bertz CT molecular complexity index is 284. The van der Waals surface area contributed by atoms with Crippen LogP contribution in [0.5, 0.6) is 0 Å². The van der Waals surface area contributed by atoms with Gasteiger partial charge >= 0.3 is 14.4 Å². The van der Waals surface area contributed by atoms with Crippen molar-refractivity contribution in [1.82, 2.24) is 0 Å². The van der Waals surface area contributed by atoms with Gasteiger partial charge in [0.2, 0.25) is 0 Å². The molecule has 0 saturated heterocycles.